The molecule has 0 spiro atoms. The van der Waals surface area contributed by atoms with Crippen molar-refractivity contribution in [2.75, 3.05) is 13.1 Å². The molecule has 0 rings (SSSR count). The first kappa shape index (κ1) is 14.4. The van der Waals surface area contributed by atoms with E-state index in [1.165, 1.54) is 0 Å². The molecule has 1 atom stereocenters. The molecule has 0 fully saturated rings. The van der Waals surface area contributed by atoms with Gasteiger partial charge in [-0.25, -0.2) is 0 Å². The zero-order valence-electron chi connectivity index (χ0n) is 10.5. The molecule has 0 bridgehead atoms. The van der Waals surface area contributed by atoms with Crippen LogP contribution in [0.2, 0.25) is 0 Å². The van der Waals surface area contributed by atoms with Gasteiger partial charge in [0, 0.05) is 13.1 Å². The van der Waals surface area contributed by atoms with Gasteiger partial charge in [0.1, 0.15) is 0 Å². The molecule has 2 N–H and O–H groups in total. The summed E-state index contributed by atoms with van der Waals surface area (Å²) in [5.41, 5.74) is 5.86. The fourth-order valence-electron chi connectivity index (χ4n) is 1.56. The third-order valence-corrected chi connectivity index (χ3v) is 2.66. The number of amides is 1. The second kappa shape index (κ2) is 8.72. The highest BCUT2D eigenvalue weighted by Gasteiger charge is 2.18. The molecule has 0 saturated heterocycles. The van der Waals surface area contributed by atoms with E-state index in [9.17, 15) is 4.79 Å². The van der Waals surface area contributed by atoms with E-state index in [1.54, 1.807) is 0 Å². The van der Waals surface area contributed by atoms with Crippen molar-refractivity contribution >= 4 is 5.91 Å². The van der Waals surface area contributed by atoms with Gasteiger partial charge in [-0.2, -0.15) is 0 Å². The third kappa shape index (κ3) is 5.78. The highest BCUT2D eigenvalue weighted by molar-refractivity contribution is 5.81. The van der Waals surface area contributed by atoms with Crippen LogP contribution in [0, 0.1) is 0 Å². The predicted octanol–water partition coefficient (Wildman–Crippen LogP) is 2.15. The van der Waals surface area contributed by atoms with Gasteiger partial charge in [-0.1, -0.05) is 33.1 Å². The second-order valence-corrected chi connectivity index (χ2v) is 4.02. The van der Waals surface area contributed by atoms with Crippen LogP contribution in [0.15, 0.2) is 0 Å². The van der Waals surface area contributed by atoms with E-state index < -0.39 is 0 Å². The smallest absolute Gasteiger partial charge is 0.239 e. The van der Waals surface area contributed by atoms with E-state index in [4.69, 9.17) is 5.73 Å². The Labute approximate surface area is 94.0 Å². The Morgan fingerprint density at radius 3 is 2.27 bits per heavy atom. The Morgan fingerprint density at radius 1 is 1.20 bits per heavy atom. The Kier molecular flexibility index (Phi) is 8.38. The maximum atomic E-state index is 11.9. The summed E-state index contributed by atoms with van der Waals surface area (Å²) in [5.74, 6) is 0.124. The van der Waals surface area contributed by atoms with Crippen LogP contribution in [0.3, 0.4) is 0 Å². The van der Waals surface area contributed by atoms with Gasteiger partial charge in [0.25, 0.3) is 0 Å². The Morgan fingerprint density at radius 2 is 1.80 bits per heavy atom. The average molecular weight is 214 g/mol. The predicted molar refractivity (Wildman–Crippen MR) is 64.7 cm³/mol. The normalized spacial score (nSPS) is 12.5. The largest absolute Gasteiger partial charge is 0.342 e. The summed E-state index contributed by atoms with van der Waals surface area (Å²) >= 11 is 0. The van der Waals surface area contributed by atoms with Crippen LogP contribution in [0.1, 0.15) is 52.9 Å². The van der Waals surface area contributed by atoms with Gasteiger partial charge < -0.3 is 10.6 Å². The number of hydrogen-bond donors (Lipinski definition) is 1. The van der Waals surface area contributed by atoms with Crippen molar-refractivity contribution in [3.8, 4) is 0 Å². The third-order valence-electron chi connectivity index (χ3n) is 2.66. The van der Waals surface area contributed by atoms with Crippen LogP contribution in [-0.4, -0.2) is 29.9 Å². The number of nitrogens with zero attached hydrogens (tertiary/aromatic N) is 1. The first-order valence-electron chi connectivity index (χ1n) is 6.21. The van der Waals surface area contributed by atoms with Crippen LogP contribution in [0.25, 0.3) is 0 Å². The fourth-order valence-corrected chi connectivity index (χ4v) is 1.56. The van der Waals surface area contributed by atoms with Crippen molar-refractivity contribution < 1.29 is 4.79 Å². The summed E-state index contributed by atoms with van der Waals surface area (Å²) in [7, 11) is 0. The van der Waals surface area contributed by atoms with Crippen LogP contribution >= 0.6 is 0 Å². The van der Waals surface area contributed by atoms with Crippen molar-refractivity contribution in [1.29, 1.82) is 0 Å². The molecule has 15 heavy (non-hydrogen) atoms. The molecule has 90 valence electrons. The highest BCUT2D eigenvalue weighted by atomic mass is 16.2. The molecule has 0 radical (unpaired) electrons. The summed E-state index contributed by atoms with van der Waals surface area (Å²) < 4.78 is 0. The number of carbonyl (C=O) groups is 1. The Bertz CT molecular complexity index is 171. The van der Waals surface area contributed by atoms with Crippen LogP contribution in [0.4, 0.5) is 0 Å². The van der Waals surface area contributed by atoms with Crippen LogP contribution in [0.5, 0.6) is 0 Å². The lowest BCUT2D eigenvalue weighted by Crippen LogP contribution is -2.44. The molecule has 0 aromatic rings. The molecule has 0 aromatic heterocycles. The number of nitrogens with two attached hydrogens (primary N) is 1. The summed E-state index contributed by atoms with van der Waals surface area (Å²) in [5, 5.41) is 0. The molecule has 0 aliphatic carbocycles. The quantitative estimate of drug-likeness (QED) is 0.673. The minimum Gasteiger partial charge on any atom is -0.342 e. The lowest BCUT2D eigenvalue weighted by Gasteiger charge is -2.24. The van der Waals surface area contributed by atoms with Crippen molar-refractivity contribution in [2.24, 2.45) is 5.73 Å². The van der Waals surface area contributed by atoms with Crippen molar-refractivity contribution in [3.63, 3.8) is 0 Å². The summed E-state index contributed by atoms with van der Waals surface area (Å²) in [4.78, 5) is 13.8. The summed E-state index contributed by atoms with van der Waals surface area (Å²) in [6.45, 7) is 7.89. The molecule has 1 unspecified atom stereocenters. The van der Waals surface area contributed by atoms with E-state index in [0.29, 0.717) is 0 Å². The first-order chi connectivity index (χ1) is 7.17. The van der Waals surface area contributed by atoms with Gasteiger partial charge in [-0.3, -0.25) is 4.79 Å². The van der Waals surface area contributed by atoms with Crippen LogP contribution < -0.4 is 5.73 Å². The minimum absolute atomic E-state index is 0.124. The standard InChI is InChI=1S/C12H26N2O/c1-4-7-9-11(13)12(15)14(6-3)10-8-5-2/h11H,4-10,13H2,1-3H3. The van der Waals surface area contributed by atoms with Crippen molar-refractivity contribution in [3.05, 3.63) is 0 Å². The molecule has 3 nitrogen and oxygen atoms in total. The first-order valence-corrected chi connectivity index (χ1v) is 6.21. The molecule has 0 aromatic carbocycles. The van der Waals surface area contributed by atoms with Gasteiger partial charge in [0.05, 0.1) is 6.04 Å². The van der Waals surface area contributed by atoms with E-state index in [1.807, 2.05) is 11.8 Å². The number of carbonyl (C=O) groups excluding carboxylic acids is 1. The number of unbranched alkanes of at least 4 members (excludes halogenated alkanes) is 2. The maximum Gasteiger partial charge on any atom is 0.239 e. The monoisotopic (exact) mass is 214 g/mol. The van der Waals surface area contributed by atoms with Gasteiger partial charge in [-0.05, 0) is 19.8 Å². The second-order valence-electron chi connectivity index (χ2n) is 4.02. The molecule has 0 aliphatic rings. The maximum absolute atomic E-state index is 11.9. The fraction of sp³-hybridized carbons (Fsp3) is 0.917. The van der Waals surface area contributed by atoms with E-state index in [2.05, 4.69) is 13.8 Å². The summed E-state index contributed by atoms with van der Waals surface area (Å²) in [6, 6.07) is -0.290. The molecular formula is C12H26N2O. The van der Waals surface area contributed by atoms with Crippen molar-refractivity contribution in [2.45, 2.75) is 58.9 Å². The Balaban J connectivity index is 4.00. The SMILES string of the molecule is CCCCC(N)C(=O)N(CC)CCCC. The molecule has 0 saturated carbocycles. The van der Waals surface area contributed by atoms with E-state index >= 15 is 0 Å². The minimum atomic E-state index is -0.290. The highest BCUT2D eigenvalue weighted by Crippen LogP contribution is 2.04. The molecule has 3 heteroatoms. The lowest BCUT2D eigenvalue weighted by atomic mass is 10.1. The van der Waals surface area contributed by atoms with Gasteiger partial charge >= 0.3 is 0 Å². The molecule has 1 amide bonds. The van der Waals surface area contributed by atoms with Crippen molar-refractivity contribution in [1.82, 2.24) is 4.90 Å². The van der Waals surface area contributed by atoms with Crippen LogP contribution in [-0.2, 0) is 4.79 Å². The number of rotatable bonds is 8. The summed E-state index contributed by atoms with van der Waals surface area (Å²) in [6.07, 6.45) is 5.15. The lowest BCUT2D eigenvalue weighted by molar-refractivity contribution is -0.132. The molecule has 0 aliphatic heterocycles. The number of likely N-dealkylation sites (N-methyl/N-ethyl adjacent to an activating group) is 1. The zero-order chi connectivity index (χ0) is 11.7. The number of hydrogen-bond acceptors (Lipinski definition) is 2. The zero-order valence-corrected chi connectivity index (χ0v) is 10.5. The van der Waals surface area contributed by atoms with Gasteiger partial charge in [-0.15, -0.1) is 0 Å². The van der Waals surface area contributed by atoms with Gasteiger partial charge in [0.2, 0.25) is 5.91 Å². The molecule has 0 heterocycles. The average Bonchev–Trinajstić information content (AvgIpc) is 2.26. The van der Waals surface area contributed by atoms with E-state index in [0.717, 1.165) is 45.2 Å². The molecular weight excluding hydrogens is 188 g/mol. The Hall–Kier alpha value is -0.570. The topological polar surface area (TPSA) is 46.3 Å². The van der Waals surface area contributed by atoms with E-state index in [-0.39, 0.29) is 11.9 Å². The van der Waals surface area contributed by atoms with Gasteiger partial charge in [0.15, 0.2) is 0 Å².